The maximum Gasteiger partial charge on any atom is 0.192 e. The van der Waals surface area contributed by atoms with Gasteiger partial charge >= 0.3 is 0 Å². The number of fused-ring (bicyclic) bond motifs is 1. The van der Waals surface area contributed by atoms with E-state index in [4.69, 9.17) is 18.6 Å². The van der Waals surface area contributed by atoms with Gasteiger partial charge in [-0.25, -0.2) is 0 Å². The average Bonchev–Trinajstić information content (AvgIpc) is 2.64. The minimum atomic E-state index is -1.86. The van der Waals surface area contributed by atoms with Crippen molar-refractivity contribution in [3.8, 4) is 0 Å². The molecule has 0 aromatic heterocycles. The molecule has 2 heterocycles. The Morgan fingerprint density at radius 1 is 1.19 bits per heavy atom. The van der Waals surface area contributed by atoms with Crippen LogP contribution in [-0.4, -0.2) is 49.9 Å². The second-order valence-corrected chi connectivity index (χ2v) is 13.1. The van der Waals surface area contributed by atoms with E-state index in [0.717, 1.165) is 0 Å². The first kappa shape index (κ1) is 17.4. The van der Waals surface area contributed by atoms with E-state index in [1.54, 1.807) is 0 Å². The predicted molar refractivity (Wildman–Crippen MR) is 82.5 cm³/mol. The van der Waals surface area contributed by atoms with Crippen LogP contribution in [0.4, 0.5) is 0 Å². The molecule has 21 heavy (non-hydrogen) atoms. The number of hydrogen-bond donors (Lipinski definition) is 1. The van der Waals surface area contributed by atoms with Crippen LogP contribution in [0.2, 0.25) is 18.1 Å². The number of ether oxygens (including phenoxy) is 3. The molecule has 2 saturated heterocycles. The molecule has 0 bridgehead atoms. The zero-order valence-electron chi connectivity index (χ0n) is 14.5. The molecule has 0 aromatic carbocycles. The smallest absolute Gasteiger partial charge is 0.192 e. The lowest BCUT2D eigenvalue weighted by Crippen LogP contribution is -2.46. The lowest BCUT2D eigenvalue weighted by Gasteiger charge is -2.37. The normalized spacial score (nSPS) is 39.6. The molecule has 0 aromatic rings. The third-order valence-electron chi connectivity index (χ3n) is 4.99. The summed E-state index contributed by atoms with van der Waals surface area (Å²) in [7, 11) is -1.86. The summed E-state index contributed by atoms with van der Waals surface area (Å²) in [5.41, 5.74) is -0.828. The molecule has 4 atom stereocenters. The number of hydrogen-bond acceptors (Lipinski definition) is 5. The molecule has 0 amide bonds. The van der Waals surface area contributed by atoms with Gasteiger partial charge in [-0.05, 0) is 38.9 Å². The van der Waals surface area contributed by atoms with E-state index < -0.39 is 26.0 Å². The monoisotopic (exact) mass is 318 g/mol. The lowest BCUT2D eigenvalue weighted by molar-refractivity contribution is -0.244. The highest BCUT2D eigenvalue weighted by molar-refractivity contribution is 6.74. The Morgan fingerprint density at radius 2 is 1.76 bits per heavy atom. The molecule has 2 unspecified atom stereocenters. The van der Waals surface area contributed by atoms with E-state index in [1.165, 1.54) is 0 Å². The first-order valence-electron chi connectivity index (χ1n) is 7.64. The van der Waals surface area contributed by atoms with E-state index in [2.05, 4.69) is 33.9 Å². The summed E-state index contributed by atoms with van der Waals surface area (Å²) in [6.45, 7) is 17.0. The van der Waals surface area contributed by atoms with Crippen molar-refractivity contribution in [3.05, 3.63) is 0 Å². The number of aliphatic hydroxyl groups is 1. The van der Waals surface area contributed by atoms with Gasteiger partial charge in [0.25, 0.3) is 0 Å². The van der Waals surface area contributed by atoms with Crippen LogP contribution in [0.3, 0.4) is 0 Å². The number of aliphatic hydroxyl groups excluding tert-OH is 1. The highest BCUT2D eigenvalue weighted by atomic mass is 28.4. The van der Waals surface area contributed by atoms with Gasteiger partial charge in [-0.1, -0.05) is 20.8 Å². The SMILES string of the molecule is CC1(C)OC2[C@@H](CO[Si](C)(C)C(C)(C)C)OC(O)[C@]2(C)O1. The summed E-state index contributed by atoms with van der Waals surface area (Å²) >= 11 is 0. The Morgan fingerprint density at radius 3 is 2.29 bits per heavy atom. The average molecular weight is 318 g/mol. The Balaban J connectivity index is 2.06. The van der Waals surface area contributed by atoms with Crippen LogP contribution < -0.4 is 0 Å². The molecule has 2 fully saturated rings. The summed E-state index contributed by atoms with van der Waals surface area (Å²) in [6, 6.07) is 0. The second kappa shape index (κ2) is 5.01. The first-order chi connectivity index (χ1) is 9.29. The summed E-state index contributed by atoms with van der Waals surface area (Å²) in [4.78, 5) is 0. The van der Waals surface area contributed by atoms with E-state index in [1.807, 2.05) is 20.8 Å². The zero-order valence-corrected chi connectivity index (χ0v) is 15.5. The van der Waals surface area contributed by atoms with E-state index in [-0.39, 0.29) is 17.2 Å². The van der Waals surface area contributed by atoms with E-state index in [0.29, 0.717) is 6.61 Å². The molecule has 0 saturated carbocycles. The Kier molecular flexibility index (Phi) is 4.14. The molecule has 5 nitrogen and oxygen atoms in total. The maximum absolute atomic E-state index is 10.2. The molecule has 1 N–H and O–H groups in total. The summed E-state index contributed by atoms with van der Waals surface area (Å²) in [5.74, 6) is -0.709. The fraction of sp³-hybridized carbons (Fsp3) is 1.00. The standard InChI is InChI=1S/C15H30O5Si/c1-13(2,3)21(7,8)17-9-10-11-15(6,12(16)18-10)20-14(4,5)19-11/h10-12,16H,9H2,1-8H3/t10-,11?,12?,15-/m1/s1. The van der Waals surface area contributed by atoms with Crippen molar-refractivity contribution in [1.29, 1.82) is 0 Å². The van der Waals surface area contributed by atoms with Crippen molar-refractivity contribution in [1.82, 2.24) is 0 Å². The molecule has 0 radical (unpaired) electrons. The van der Waals surface area contributed by atoms with Gasteiger partial charge in [0, 0.05) is 0 Å². The molecule has 2 aliphatic rings. The van der Waals surface area contributed by atoms with Gasteiger partial charge < -0.3 is 23.7 Å². The van der Waals surface area contributed by atoms with Crippen LogP contribution in [0.15, 0.2) is 0 Å². The van der Waals surface area contributed by atoms with Crippen molar-refractivity contribution in [2.24, 2.45) is 0 Å². The van der Waals surface area contributed by atoms with Crippen molar-refractivity contribution < 1.29 is 23.7 Å². The van der Waals surface area contributed by atoms with Gasteiger partial charge in [-0.15, -0.1) is 0 Å². The minimum Gasteiger partial charge on any atom is -0.414 e. The van der Waals surface area contributed by atoms with Gasteiger partial charge in [-0.2, -0.15) is 0 Å². The number of rotatable bonds is 3. The largest absolute Gasteiger partial charge is 0.414 e. The quantitative estimate of drug-likeness (QED) is 0.811. The molecule has 124 valence electrons. The maximum atomic E-state index is 10.2. The molecular weight excluding hydrogens is 288 g/mol. The van der Waals surface area contributed by atoms with Crippen LogP contribution in [0.1, 0.15) is 41.5 Å². The molecule has 6 heteroatoms. The van der Waals surface area contributed by atoms with E-state index in [9.17, 15) is 5.11 Å². The summed E-state index contributed by atoms with van der Waals surface area (Å²) < 4.78 is 23.6. The minimum absolute atomic E-state index is 0.139. The zero-order chi connectivity index (χ0) is 16.3. The van der Waals surface area contributed by atoms with Gasteiger partial charge in [0.05, 0.1) is 6.61 Å². The topological polar surface area (TPSA) is 57.2 Å². The van der Waals surface area contributed by atoms with Crippen molar-refractivity contribution in [2.75, 3.05) is 6.61 Å². The first-order valence-corrected chi connectivity index (χ1v) is 10.5. The van der Waals surface area contributed by atoms with E-state index >= 15 is 0 Å². The van der Waals surface area contributed by atoms with Crippen LogP contribution in [-0.2, 0) is 18.6 Å². The molecular formula is C15H30O5Si. The Labute approximate surface area is 129 Å². The molecule has 2 rings (SSSR count). The summed E-state index contributed by atoms with van der Waals surface area (Å²) in [6.07, 6.45) is -1.61. The third kappa shape index (κ3) is 3.07. The van der Waals surface area contributed by atoms with Crippen LogP contribution >= 0.6 is 0 Å². The van der Waals surface area contributed by atoms with Crippen molar-refractivity contribution in [2.45, 2.75) is 89.6 Å². The highest BCUT2D eigenvalue weighted by Crippen LogP contribution is 2.46. The second-order valence-electron chi connectivity index (χ2n) is 8.32. The van der Waals surface area contributed by atoms with Crippen LogP contribution in [0.25, 0.3) is 0 Å². The lowest BCUT2D eigenvalue weighted by atomic mass is 9.98. The van der Waals surface area contributed by atoms with Gasteiger partial charge in [-0.3, -0.25) is 0 Å². The van der Waals surface area contributed by atoms with Crippen molar-refractivity contribution in [3.63, 3.8) is 0 Å². The Bertz CT molecular complexity index is 403. The molecule has 0 spiro atoms. The van der Waals surface area contributed by atoms with Gasteiger partial charge in [0.15, 0.2) is 20.4 Å². The highest BCUT2D eigenvalue weighted by Gasteiger charge is 2.63. The predicted octanol–water partition coefficient (Wildman–Crippen LogP) is 2.64. The van der Waals surface area contributed by atoms with Crippen LogP contribution in [0.5, 0.6) is 0 Å². The fourth-order valence-electron chi connectivity index (χ4n) is 2.68. The van der Waals surface area contributed by atoms with Gasteiger partial charge in [0.2, 0.25) is 0 Å². The Hall–Kier alpha value is 0.0169. The van der Waals surface area contributed by atoms with Crippen LogP contribution in [0, 0.1) is 0 Å². The third-order valence-corrected chi connectivity index (χ3v) is 9.49. The molecule has 0 aliphatic carbocycles. The van der Waals surface area contributed by atoms with Gasteiger partial charge in [0.1, 0.15) is 17.8 Å². The van der Waals surface area contributed by atoms with Crippen molar-refractivity contribution >= 4 is 8.32 Å². The molecule has 2 aliphatic heterocycles. The summed E-state index contributed by atoms with van der Waals surface area (Å²) in [5, 5.41) is 10.3. The fourth-order valence-corrected chi connectivity index (χ4v) is 3.69.